The van der Waals surface area contributed by atoms with Crippen molar-refractivity contribution in [2.24, 2.45) is 5.84 Å². The van der Waals surface area contributed by atoms with Gasteiger partial charge in [0.25, 0.3) is 0 Å². The van der Waals surface area contributed by atoms with Crippen molar-refractivity contribution in [1.29, 1.82) is 0 Å². The van der Waals surface area contributed by atoms with Gasteiger partial charge in [-0.2, -0.15) is 13.2 Å². The Morgan fingerprint density at radius 3 is 2.44 bits per heavy atom. The van der Waals surface area contributed by atoms with Gasteiger partial charge in [-0.25, -0.2) is 10.8 Å². The van der Waals surface area contributed by atoms with Crippen LogP contribution in [0.4, 0.5) is 19.0 Å². The predicted molar refractivity (Wildman–Crippen MR) is 64.0 cm³/mol. The van der Waals surface area contributed by atoms with Crippen LogP contribution in [-0.4, -0.2) is 21.4 Å². The van der Waals surface area contributed by atoms with Crippen molar-refractivity contribution in [2.75, 3.05) is 5.43 Å². The average Bonchev–Trinajstić information content (AvgIpc) is 2.27. The number of pyridine rings is 1. The Bertz CT molecular complexity index is 412. The Morgan fingerprint density at radius 2 is 2.00 bits per heavy atom. The zero-order valence-corrected chi connectivity index (χ0v) is 10.6. The third kappa shape index (κ3) is 4.04. The lowest BCUT2D eigenvalue weighted by molar-refractivity contribution is -0.137. The molecule has 0 aliphatic carbocycles. The summed E-state index contributed by atoms with van der Waals surface area (Å²) in [6.07, 6.45) is -5.11. The van der Waals surface area contributed by atoms with Crippen molar-refractivity contribution >= 4 is 17.6 Å². The summed E-state index contributed by atoms with van der Waals surface area (Å²) in [5.41, 5.74) is 1.27. The van der Waals surface area contributed by atoms with Crippen LogP contribution in [0.2, 0.25) is 0 Å². The minimum Gasteiger partial charge on any atom is -0.392 e. The number of rotatable bonds is 4. The summed E-state index contributed by atoms with van der Waals surface area (Å²) in [6.45, 7) is 3.26. The Labute approximate surface area is 107 Å². The molecule has 2 atom stereocenters. The normalized spacial score (nSPS) is 15.3. The molecule has 4 N–H and O–H groups in total. The number of aromatic nitrogens is 1. The lowest BCUT2D eigenvalue weighted by Gasteiger charge is -2.15. The molecule has 0 bridgehead atoms. The monoisotopic (exact) mass is 281 g/mol. The first-order valence-electron chi connectivity index (χ1n) is 5.14. The van der Waals surface area contributed by atoms with E-state index >= 15 is 0 Å². The molecule has 0 aliphatic heterocycles. The fraction of sp³-hybridized carbons (Fsp3) is 0.500. The van der Waals surface area contributed by atoms with Crippen LogP contribution in [0.1, 0.15) is 19.4 Å². The van der Waals surface area contributed by atoms with E-state index in [0.717, 1.165) is 23.9 Å². The average molecular weight is 281 g/mol. The van der Waals surface area contributed by atoms with Gasteiger partial charge in [-0.15, -0.1) is 11.8 Å². The van der Waals surface area contributed by atoms with Crippen LogP contribution in [0, 0.1) is 0 Å². The van der Waals surface area contributed by atoms with Crippen LogP contribution >= 0.6 is 11.8 Å². The molecule has 4 nitrogen and oxygen atoms in total. The third-order valence-electron chi connectivity index (χ3n) is 2.26. The van der Waals surface area contributed by atoms with E-state index in [1.807, 2.05) is 0 Å². The molecule has 0 aromatic carbocycles. The Balaban J connectivity index is 3.05. The highest BCUT2D eigenvalue weighted by atomic mass is 32.2. The van der Waals surface area contributed by atoms with Crippen LogP contribution in [0.15, 0.2) is 17.2 Å². The Hall–Kier alpha value is -0.990. The van der Waals surface area contributed by atoms with Gasteiger partial charge in [0, 0.05) is 5.25 Å². The summed E-state index contributed by atoms with van der Waals surface area (Å²) in [4.78, 5) is 3.90. The molecule has 0 amide bonds. The smallest absolute Gasteiger partial charge is 0.392 e. The second-order valence-electron chi connectivity index (χ2n) is 3.78. The van der Waals surface area contributed by atoms with Gasteiger partial charge in [-0.05, 0) is 19.1 Å². The molecule has 0 spiro atoms. The van der Waals surface area contributed by atoms with Gasteiger partial charge in [-0.1, -0.05) is 6.92 Å². The lowest BCUT2D eigenvalue weighted by atomic mass is 10.2. The number of nitrogens with zero attached hydrogens (tertiary/aromatic N) is 1. The minimum atomic E-state index is -4.46. The summed E-state index contributed by atoms with van der Waals surface area (Å²) in [5.74, 6) is 5.02. The van der Waals surface area contributed by atoms with Crippen LogP contribution in [0.25, 0.3) is 0 Å². The molecule has 1 aromatic heterocycles. The van der Waals surface area contributed by atoms with E-state index in [2.05, 4.69) is 10.4 Å². The second kappa shape index (κ2) is 5.77. The summed E-state index contributed by atoms with van der Waals surface area (Å²) < 4.78 is 37.9. The molecule has 8 heteroatoms. The molecular weight excluding hydrogens is 267 g/mol. The first-order valence-corrected chi connectivity index (χ1v) is 6.02. The third-order valence-corrected chi connectivity index (χ3v) is 3.48. The maximum atomic E-state index is 12.6. The number of anilines is 1. The summed E-state index contributed by atoms with van der Waals surface area (Å²) in [6, 6.07) is 1.77. The van der Waals surface area contributed by atoms with Gasteiger partial charge in [0.1, 0.15) is 5.82 Å². The van der Waals surface area contributed by atoms with Crippen LogP contribution in [0.5, 0.6) is 0 Å². The molecule has 1 rings (SSSR count). The second-order valence-corrected chi connectivity index (χ2v) is 5.18. The fourth-order valence-corrected chi connectivity index (χ4v) is 2.02. The summed E-state index contributed by atoms with van der Waals surface area (Å²) >= 11 is 1.05. The quantitative estimate of drug-likeness (QED) is 0.448. The number of hydrogen-bond donors (Lipinski definition) is 3. The highest BCUT2D eigenvalue weighted by Crippen LogP contribution is 2.34. The number of thioether (sulfide) groups is 1. The summed E-state index contributed by atoms with van der Waals surface area (Å²) in [7, 11) is 0. The predicted octanol–water partition coefficient (Wildman–Crippen LogP) is 2.25. The highest BCUT2D eigenvalue weighted by molar-refractivity contribution is 7.99. The number of halogens is 3. The van der Waals surface area contributed by atoms with Crippen molar-refractivity contribution in [1.82, 2.24) is 4.98 Å². The first-order chi connectivity index (χ1) is 8.24. The van der Waals surface area contributed by atoms with E-state index in [1.54, 1.807) is 13.8 Å². The number of nitrogen functional groups attached to an aromatic ring is 1. The van der Waals surface area contributed by atoms with Gasteiger partial charge < -0.3 is 10.5 Å². The van der Waals surface area contributed by atoms with Crippen molar-refractivity contribution in [3.8, 4) is 0 Å². The van der Waals surface area contributed by atoms with Gasteiger partial charge in [0.05, 0.1) is 16.7 Å². The van der Waals surface area contributed by atoms with Gasteiger partial charge in [0.2, 0.25) is 0 Å². The minimum absolute atomic E-state index is 0.0647. The highest BCUT2D eigenvalue weighted by Gasteiger charge is 2.32. The van der Waals surface area contributed by atoms with Crippen LogP contribution < -0.4 is 11.3 Å². The number of aliphatic hydroxyl groups is 1. The number of aliphatic hydroxyl groups excluding tert-OH is 1. The first kappa shape index (κ1) is 15.1. The van der Waals surface area contributed by atoms with E-state index in [4.69, 9.17) is 5.84 Å². The molecule has 102 valence electrons. The van der Waals surface area contributed by atoms with Crippen molar-refractivity contribution < 1.29 is 18.3 Å². The van der Waals surface area contributed by atoms with Crippen LogP contribution in [0.3, 0.4) is 0 Å². The van der Waals surface area contributed by atoms with Crippen LogP contribution in [-0.2, 0) is 6.18 Å². The maximum absolute atomic E-state index is 12.6. The molecule has 0 saturated heterocycles. The van der Waals surface area contributed by atoms with Crippen molar-refractivity contribution in [2.45, 2.75) is 36.4 Å². The topological polar surface area (TPSA) is 71.2 Å². The van der Waals surface area contributed by atoms with Gasteiger partial charge in [0.15, 0.2) is 0 Å². The molecule has 18 heavy (non-hydrogen) atoms. The lowest BCUT2D eigenvalue weighted by Crippen LogP contribution is -2.16. The molecule has 0 radical (unpaired) electrons. The summed E-state index contributed by atoms with van der Waals surface area (Å²) in [5, 5.41) is 9.21. The van der Waals surface area contributed by atoms with E-state index < -0.39 is 17.8 Å². The zero-order valence-electron chi connectivity index (χ0n) is 9.82. The van der Waals surface area contributed by atoms with Crippen molar-refractivity contribution in [3.05, 3.63) is 17.7 Å². The molecule has 1 aromatic rings. The van der Waals surface area contributed by atoms with Gasteiger partial charge in [-0.3, -0.25) is 0 Å². The van der Waals surface area contributed by atoms with Gasteiger partial charge >= 0.3 is 6.18 Å². The largest absolute Gasteiger partial charge is 0.416 e. The zero-order chi connectivity index (χ0) is 13.9. The van der Waals surface area contributed by atoms with E-state index in [0.29, 0.717) is 0 Å². The standard InChI is InChI=1S/C10H14F3N3OS/c1-5(17)6(2)18-9-4-7(10(11,12)13)3-8(15-9)16-14/h3-6,17H,14H2,1-2H3,(H,15,16). The Morgan fingerprint density at radius 1 is 1.39 bits per heavy atom. The molecule has 1 heterocycles. The van der Waals surface area contributed by atoms with Crippen molar-refractivity contribution in [3.63, 3.8) is 0 Å². The molecule has 2 unspecified atom stereocenters. The fourth-order valence-electron chi connectivity index (χ4n) is 1.09. The number of nitrogens with one attached hydrogen (secondary N) is 1. The van der Waals surface area contributed by atoms with E-state index in [1.165, 1.54) is 0 Å². The number of hydrogen-bond acceptors (Lipinski definition) is 5. The molecule has 0 aliphatic rings. The number of hydrazine groups is 1. The Kier molecular flexibility index (Phi) is 4.83. The molecule has 0 fully saturated rings. The number of alkyl halides is 3. The SMILES string of the molecule is CC(O)C(C)Sc1cc(C(F)(F)F)cc(NN)n1. The van der Waals surface area contributed by atoms with E-state index in [9.17, 15) is 18.3 Å². The maximum Gasteiger partial charge on any atom is 0.416 e. The molecule has 0 saturated carbocycles. The van der Waals surface area contributed by atoms with E-state index in [-0.39, 0.29) is 16.1 Å². The molecular formula is C10H14F3N3OS. The number of nitrogens with two attached hydrogens (primary N) is 1.